The summed E-state index contributed by atoms with van der Waals surface area (Å²) < 4.78 is 7.84. The van der Waals surface area contributed by atoms with Gasteiger partial charge in [0.05, 0.1) is 11.7 Å². The second-order valence-corrected chi connectivity index (χ2v) is 8.42. The van der Waals surface area contributed by atoms with Crippen LogP contribution in [0.15, 0.2) is 23.3 Å². The minimum absolute atomic E-state index is 0.120. The molecule has 164 valence electrons. The summed E-state index contributed by atoms with van der Waals surface area (Å²) in [7, 11) is 0. The van der Waals surface area contributed by atoms with Crippen LogP contribution in [0.5, 0.6) is 0 Å². The van der Waals surface area contributed by atoms with Crippen LogP contribution in [0, 0.1) is 6.92 Å². The van der Waals surface area contributed by atoms with Gasteiger partial charge in [0.1, 0.15) is 0 Å². The Morgan fingerprint density at radius 1 is 1.35 bits per heavy atom. The standard InChI is InChI=1S/C25H32N4O2/c1-5-19-6-7-22(17(2)21(19)8-12-26-4)25-23-16-28(18(3)30)13-9-24(23)29(27-25)20-10-14-31-15-11-20/h6-8,12,20H,4-5,9-11,13-16H2,1-3H3/b12-8-. The highest BCUT2D eigenvalue weighted by Crippen LogP contribution is 2.37. The molecule has 1 aromatic heterocycles. The van der Waals surface area contributed by atoms with Gasteiger partial charge in [0.25, 0.3) is 0 Å². The van der Waals surface area contributed by atoms with Crippen molar-refractivity contribution in [3.63, 3.8) is 0 Å². The molecule has 3 heterocycles. The van der Waals surface area contributed by atoms with E-state index in [1.165, 1.54) is 27.9 Å². The molecule has 1 fully saturated rings. The molecule has 4 rings (SSSR count). The predicted molar refractivity (Wildman–Crippen MR) is 124 cm³/mol. The van der Waals surface area contributed by atoms with Crippen molar-refractivity contribution < 1.29 is 9.53 Å². The molecule has 0 atom stereocenters. The summed E-state index contributed by atoms with van der Waals surface area (Å²) in [5.74, 6) is 0.120. The Morgan fingerprint density at radius 3 is 2.81 bits per heavy atom. The molecule has 1 saturated heterocycles. The monoisotopic (exact) mass is 420 g/mol. The zero-order valence-electron chi connectivity index (χ0n) is 18.9. The zero-order valence-corrected chi connectivity index (χ0v) is 18.9. The maximum atomic E-state index is 12.1. The topological polar surface area (TPSA) is 59.7 Å². The smallest absolute Gasteiger partial charge is 0.219 e. The van der Waals surface area contributed by atoms with Crippen LogP contribution in [0.2, 0.25) is 0 Å². The zero-order chi connectivity index (χ0) is 22.0. The number of hydrogen-bond donors (Lipinski definition) is 0. The largest absolute Gasteiger partial charge is 0.381 e. The lowest BCUT2D eigenvalue weighted by molar-refractivity contribution is -0.129. The van der Waals surface area contributed by atoms with Crippen LogP contribution in [0.25, 0.3) is 17.3 Å². The first-order valence-corrected chi connectivity index (χ1v) is 11.2. The molecule has 0 N–H and O–H groups in total. The van der Waals surface area contributed by atoms with Crippen molar-refractivity contribution in [3.05, 3.63) is 46.3 Å². The lowest BCUT2D eigenvalue weighted by Crippen LogP contribution is -2.35. The average molecular weight is 421 g/mol. The van der Waals surface area contributed by atoms with Crippen LogP contribution in [0.4, 0.5) is 0 Å². The summed E-state index contributed by atoms with van der Waals surface area (Å²) in [6.45, 7) is 12.5. The summed E-state index contributed by atoms with van der Waals surface area (Å²) in [6.07, 6.45) is 7.55. The van der Waals surface area contributed by atoms with Crippen LogP contribution in [0.3, 0.4) is 0 Å². The number of carbonyl (C=O) groups is 1. The number of amides is 1. The van der Waals surface area contributed by atoms with Crippen molar-refractivity contribution in [1.82, 2.24) is 14.7 Å². The number of nitrogens with zero attached hydrogens (tertiary/aromatic N) is 4. The van der Waals surface area contributed by atoms with Gasteiger partial charge in [-0.1, -0.05) is 19.1 Å². The number of ether oxygens (including phenoxy) is 1. The summed E-state index contributed by atoms with van der Waals surface area (Å²) in [6, 6.07) is 4.74. The highest BCUT2D eigenvalue weighted by atomic mass is 16.5. The quantitative estimate of drug-likeness (QED) is 0.676. The molecule has 2 aromatic rings. The molecule has 2 aliphatic rings. The SMILES string of the molecule is C=N/C=C\c1c(CC)ccc(-c2nn(C3CCOCC3)c3c2CN(C(C)=O)CC3)c1C. The average Bonchev–Trinajstić information content (AvgIpc) is 3.17. The molecule has 6 heteroatoms. The molecule has 0 aliphatic carbocycles. The Morgan fingerprint density at radius 2 is 2.13 bits per heavy atom. The number of carbonyl (C=O) groups excluding carboxylic acids is 1. The molecule has 0 saturated carbocycles. The number of aliphatic imine (C=N–C) groups is 1. The normalized spacial score (nSPS) is 17.2. The minimum atomic E-state index is 0.120. The van der Waals surface area contributed by atoms with E-state index in [9.17, 15) is 4.79 Å². The van der Waals surface area contributed by atoms with Crippen molar-refractivity contribution in [2.45, 2.75) is 59.0 Å². The van der Waals surface area contributed by atoms with Crippen LogP contribution >= 0.6 is 0 Å². The van der Waals surface area contributed by atoms with Gasteiger partial charge in [-0.15, -0.1) is 0 Å². The van der Waals surface area contributed by atoms with Crippen molar-refractivity contribution in [2.24, 2.45) is 4.99 Å². The van der Waals surface area contributed by atoms with Gasteiger partial charge in [0.15, 0.2) is 0 Å². The van der Waals surface area contributed by atoms with Gasteiger partial charge in [-0.2, -0.15) is 5.10 Å². The van der Waals surface area contributed by atoms with Gasteiger partial charge in [-0.25, -0.2) is 0 Å². The summed E-state index contributed by atoms with van der Waals surface area (Å²) >= 11 is 0. The molecule has 31 heavy (non-hydrogen) atoms. The molecular weight excluding hydrogens is 388 g/mol. The Kier molecular flexibility index (Phi) is 6.37. The van der Waals surface area contributed by atoms with E-state index in [0.29, 0.717) is 12.6 Å². The third kappa shape index (κ3) is 4.09. The van der Waals surface area contributed by atoms with E-state index in [1.54, 1.807) is 13.1 Å². The van der Waals surface area contributed by atoms with Crippen molar-refractivity contribution in [2.75, 3.05) is 19.8 Å². The van der Waals surface area contributed by atoms with E-state index >= 15 is 0 Å². The molecule has 0 unspecified atom stereocenters. The fourth-order valence-electron chi connectivity index (χ4n) is 4.87. The van der Waals surface area contributed by atoms with E-state index in [0.717, 1.165) is 56.7 Å². The lowest BCUT2D eigenvalue weighted by Gasteiger charge is -2.29. The highest BCUT2D eigenvalue weighted by Gasteiger charge is 2.30. The van der Waals surface area contributed by atoms with Crippen molar-refractivity contribution in [3.8, 4) is 11.3 Å². The van der Waals surface area contributed by atoms with E-state index in [2.05, 4.69) is 42.4 Å². The highest BCUT2D eigenvalue weighted by molar-refractivity contribution is 5.77. The second kappa shape index (κ2) is 9.18. The van der Waals surface area contributed by atoms with Crippen molar-refractivity contribution in [1.29, 1.82) is 0 Å². The lowest BCUT2D eigenvalue weighted by atomic mass is 9.91. The number of hydrogen-bond acceptors (Lipinski definition) is 4. The first-order valence-electron chi connectivity index (χ1n) is 11.2. The van der Waals surface area contributed by atoms with Gasteiger partial charge in [0, 0.05) is 62.7 Å². The van der Waals surface area contributed by atoms with E-state index in [1.807, 2.05) is 11.0 Å². The first kappa shape index (κ1) is 21.5. The molecule has 0 bridgehead atoms. The molecule has 0 spiro atoms. The predicted octanol–water partition coefficient (Wildman–Crippen LogP) is 4.35. The van der Waals surface area contributed by atoms with Gasteiger partial charge in [-0.05, 0) is 55.7 Å². The van der Waals surface area contributed by atoms with Crippen LogP contribution in [0.1, 0.15) is 60.7 Å². The van der Waals surface area contributed by atoms with Gasteiger partial charge >= 0.3 is 0 Å². The fraction of sp³-hybridized carbons (Fsp3) is 0.480. The fourth-order valence-corrected chi connectivity index (χ4v) is 4.87. The van der Waals surface area contributed by atoms with Gasteiger partial charge in [0.2, 0.25) is 5.91 Å². The summed E-state index contributed by atoms with van der Waals surface area (Å²) in [5.41, 5.74) is 8.27. The molecule has 1 amide bonds. The molecule has 1 aromatic carbocycles. The van der Waals surface area contributed by atoms with E-state index < -0.39 is 0 Å². The molecule has 2 aliphatic heterocycles. The first-order chi connectivity index (χ1) is 15.0. The maximum absolute atomic E-state index is 12.1. The Bertz CT molecular complexity index is 1020. The molecule has 0 radical (unpaired) electrons. The number of benzene rings is 1. The maximum Gasteiger partial charge on any atom is 0.219 e. The number of aromatic nitrogens is 2. The third-order valence-electron chi connectivity index (χ3n) is 6.66. The van der Waals surface area contributed by atoms with E-state index in [4.69, 9.17) is 9.84 Å². The Hall–Kier alpha value is -2.73. The number of aryl methyl sites for hydroxylation is 1. The van der Waals surface area contributed by atoms with Gasteiger partial charge in [-0.3, -0.25) is 14.5 Å². The summed E-state index contributed by atoms with van der Waals surface area (Å²) in [4.78, 5) is 18.0. The van der Waals surface area contributed by atoms with Crippen LogP contribution in [-0.2, 0) is 28.9 Å². The Labute approximate surface area is 184 Å². The van der Waals surface area contributed by atoms with Crippen molar-refractivity contribution >= 4 is 18.7 Å². The van der Waals surface area contributed by atoms with Crippen LogP contribution < -0.4 is 0 Å². The second-order valence-electron chi connectivity index (χ2n) is 8.42. The third-order valence-corrected chi connectivity index (χ3v) is 6.66. The number of rotatable bonds is 5. The van der Waals surface area contributed by atoms with Crippen LogP contribution in [-0.4, -0.2) is 47.1 Å². The molecule has 6 nitrogen and oxygen atoms in total. The number of fused-ring (bicyclic) bond motifs is 1. The summed E-state index contributed by atoms with van der Waals surface area (Å²) in [5, 5.41) is 5.18. The van der Waals surface area contributed by atoms with E-state index in [-0.39, 0.29) is 5.91 Å². The minimum Gasteiger partial charge on any atom is -0.381 e. The molecular formula is C25H32N4O2. The van der Waals surface area contributed by atoms with Gasteiger partial charge < -0.3 is 9.64 Å². The Balaban J connectivity index is 1.86.